The van der Waals surface area contributed by atoms with E-state index in [0.717, 1.165) is 0 Å². The molecular formula is C15H20ClN3O4S. The molecule has 132 valence electrons. The maximum atomic E-state index is 12.6. The van der Waals surface area contributed by atoms with Crippen LogP contribution in [0, 0.1) is 0 Å². The molecule has 1 aliphatic rings. The summed E-state index contributed by atoms with van der Waals surface area (Å²) in [6.07, 6.45) is 0.212. The van der Waals surface area contributed by atoms with Gasteiger partial charge in [0, 0.05) is 51.1 Å². The van der Waals surface area contributed by atoms with Crippen molar-refractivity contribution in [2.45, 2.75) is 18.2 Å². The Balaban J connectivity index is 1.91. The largest absolute Gasteiger partial charge is 0.356 e. The summed E-state index contributed by atoms with van der Waals surface area (Å²) in [5.74, 6) is -0.269. The van der Waals surface area contributed by atoms with Crippen molar-refractivity contribution >= 4 is 33.4 Å². The fourth-order valence-electron chi connectivity index (χ4n) is 2.44. The Bertz CT molecular complexity index is 698. The maximum Gasteiger partial charge on any atom is 0.243 e. The van der Waals surface area contributed by atoms with Crippen molar-refractivity contribution in [3.8, 4) is 0 Å². The third-order valence-corrected chi connectivity index (χ3v) is 5.92. The van der Waals surface area contributed by atoms with E-state index in [4.69, 9.17) is 11.6 Å². The maximum absolute atomic E-state index is 12.6. The number of hydrogen-bond donors (Lipinski definition) is 1. The van der Waals surface area contributed by atoms with Crippen molar-refractivity contribution < 1.29 is 18.0 Å². The Kier molecular flexibility index (Phi) is 6.20. The van der Waals surface area contributed by atoms with Crippen molar-refractivity contribution in [2.75, 3.05) is 32.7 Å². The smallest absolute Gasteiger partial charge is 0.243 e. The van der Waals surface area contributed by atoms with Crippen LogP contribution in [0.3, 0.4) is 0 Å². The molecule has 1 N–H and O–H groups in total. The van der Waals surface area contributed by atoms with Gasteiger partial charge in [0.1, 0.15) is 0 Å². The first-order chi connectivity index (χ1) is 11.3. The van der Waals surface area contributed by atoms with E-state index in [0.29, 0.717) is 18.1 Å². The van der Waals surface area contributed by atoms with Crippen LogP contribution in [0.5, 0.6) is 0 Å². The minimum atomic E-state index is -3.58. The highest BCUT2D eigenvalue weighted by molar-refractivity contribution is 7.89. The number of benzene rings is 1. The first kappa shape index (κ1) is 18.7. The lowest BCUT2D eigenvalue weighted by Gasteiger charge is -2.34. The zero-order valence-corrected chi connectivity index (χ0v) is 14.9. The molecule has 0 saturated carbocycles. The van der Waals surface area contributed by atoms with E-state index in [1.807, 2.05) is 0 Å². The number of hydrogen-bond acceptors (Lipinski definition) is 4. The van der Waals surface area contributed by atoms with Gasteiger partial charge in [-0.25, -0.2) is 8.42 Å². The molecule has 1 aromatic carbocycles. The van der Waals surface area contributed by atoms with Crippen LogP contribution in [0.1, 0.15) is 13.3 Å². The second kappa shape index (κ2) is 7.96. The van der Waals surface area contributed by atoms with E-state index in [9.17, 15) is 18.0 Å². The number of nitrogens with zero attached hydrogens (tertiary/aromatic N) is 2. The number of carbonyl (C=O) groups excluding carboxylic acids is 2. The first-order valence-corrected chi connectivity index (χ1v) is 9.40. The molecule has 0 aliphatic carbocycles. The zero-order chi connectivity index (χ0) is 17.7. The van der Waals surface area contributed by atoms with Gasteiger partial charge in [-0.3, -0.25) is 9.59 Å². The number of rotatable bonds is 5. The number of nitrogens with one attached hydrogen (secondary N) is 1. The molecule has 0 aromatic heterocycles. The number of sulfonamides is 1. The lowest BCUT2D eigenvalue weighted by molar-refractivity contribution is -0.132. The van der Waals surface area contributed by atoms with Gasteiger partial charge in [-0.05, 0) is 24.3 Å². The van der Waals surface area contributed by atoms with Crippen molar-refractivity contribution in [2.24, 2.45) is 0 Å². The summed E-state index contributed by atoms with van der Waals surface area (Å²) in [4.78, 5) is 24.6. The van der Waals surface area contributed by atoms with E-state index in [-0.39, 0.29) is 42.8 Å². The second-order valence-electron chi connectivity index (χ2n) is 5.47. The Morgan fingerprint density at radius 2 is 1.71 bits per heavy atom. The SMILES string of the molecule is CC(=O)NCCC(=O)N1CCN(S(=O)(=O)c2ccc(Cl)cc2)CC1. The summed E-state index contributed by atoms with van der Waals surface area (Å²) in [5, 5.41) is 3.05. The van der Waals surface area contributed by atoms with Crippen LogP contribution in [0.2, 0.25) is 5.02 Å². The molecule has 2 amide bonds. The van der Waals surface area contributed by atoms with Gasteiger partial charge in [-0.1, -0.05) is 11.6 Å². The van der Waals surface area contributed by atoms with E-state index < -0.39 is 10.0 Å². The molecule has 9 heteroatoms. The summed E-state index contributed by atoms with van der Waals surface area (Å²) in [7, 11) is -3.58. The average Bonchev–Trinajstić information content (AvgIpc) is 2.55. The Morgan fingerprint density at radius 1 is 1.12 bits per heavy atom. The third kappa shape index (κ3) is 4.68. The standard InChI is InChI=1S/C15H20ClN3O4S/c1-12(20)17-7-6-15(21)18-8-10-19(11-9-18)24(22,23)14-4-2-13(16)3-5-14/h2-5H,6-11H2,1H3,(H,17,20). The summed E-state index contributed by atoms with van der Waals surface area (Å²) < 4.78 is 26.5. The highest BCUT2D eigenvalue weighted by Crippen LogP contribution is 2.20. The first-order valence-electron chi connectivity index (χ1n) is 7.58. The summed E-state index contributed by atoms with van der Waals surface area (Å²) in [6.45, 7) is 2.85. The molecule has 0 spiro atoms. The van der Waals surface area contributed by atoms with E-state index in [2.05, 4.69) is 5.32 Å². The highest BCUT2D eigenvalue weighted by Gasteiger charge is 2.29. The molecule has 1 fully saturated rings. The Morgan fingerprint density at radius 3 is 2.25 bits per heavy atom. The van der Waals surface area contributed by atoms with Gasteiger partial charge in [-0.15, -0.1) is 0 Å². The molecular weight excluding hydrogens is 354 g/mol. The Labute approximate surface area is 146 Å². The lowest BCUT2D eigenvalue weighted by atomic mass is 10.3. The minimum Gasteiger partial charge on any atom is -0.356 e. The van der Waals surface area contributed by atoms with Gasteiger partial charge in [0.25, 0.3) is 0 Å². The van der Waals surface area contributed by atoms with Gasteiger partial charge >= 0.3 is 0 Å². The van der Waals surface area contributed by atoms with Gasteiger partial charge in [0.2, 0.25) is 21.8 Å². The van der Waals surface area contributed by atoms with Crippen molar-refractivity contribution in [3.63, 3.8) is 0 Å². The van der Waals surface area contributed by atoms with Crippen LogP contribution in [0.25, 0.3) is 0 Å². The van der Waals surface area contributed by atoms with Gasteiger partial charge < -0.3 is 10.2 Å². The summed E-state index contributed by atoms with van der Waals surface area (Å²) >= 11 is 5.78. The monoisotopic (exact) mass is 373 g/mol. The topological polar surface area (TPSA) is 86.8 Å². The van der Waals surface area contributed by atoms with Crippen molar-refractivity contribution in [3.05, 3.63) is 29.3 Å². The van der Waals surface area contributed by atoms with E-state index in [1.54, 1.807) is 4.90 Å². The van der Waals surface area contributed by atoms with Crippen LogP contribution in [0.4, 0.5) is 0 Å². The van der Waals surface area contributed by atoms with E-state index in [1.165, 1.54) is 35.5 Å². The molecule has 1 aromatic rings. The third-order valence-electron chi connectivity index (χ3n) is 3.76. The van der Waals surface area contributed by atoms with Crippen LogP contribution in [0.15, 0.2) is 29.2 Å². The van der Waals surface area contributed by atoms with Crippen LogP contribution in [-0.2, 0) is 19.6 Å². The Hall–Kier alpha value is -1.64. The molecule has 2 rings (SSSR count). The number of amides is 2. The molecule has 7 nitrogen and oxygen atoms in total. The highest BCUT2D eigenvalue weighted by atomic mass is 35.5. The average molecular weight is 374 g/mol. The fraction of sp³-hybridized carbons (Fsp3) is 0.467. The normalized spacial score (nSPS) is 16.0. The molecule has 24 heavy (non-hydrogen) atoms. The van der Waals surface area contributed by atoms with Crippen LogP contribution >= 0.6 is 11.6 Å². The second-order valence-corrected chi connectivity index (χ2v) is 7.85. The minimum absolute atomic E-state index is 0.0905. The van der Waals surface area contributed by atoms with Crippen LogP contribution < -0.4 is 5.32 Å². The van der Waals surface area contributed by atoms with E-state index >= 15 is 0 Å². The zero-order valence-electron chi connectivity index (χ0n) is 13.4. The van der Waals surface area contributed by atoms with Gasteiger partial charge in [0.05, 0.1) is 4.90 Å². The summed E-state index contributed by atoms with van der Waals surface area (Å²) in [5.41, 5.74) is 0. The molecule has 0 unspecified atom stereocenters. The molecule has 0 radical (unpaired) electrons. The predicted molar refractivity (Wildman–Crippen MR) is 90.1 cm³/mol. The molecule has 0 bridgehead atoms. The molecule has 1 aliphatic heterocycles. The quantitative estimate of drug-likeness (QED) is 0.823. The van der Waals surface area contributed by atoms with Crippen LogP contribution in [-0.4, -0.2) is 62.2 Å². The fourth-order valence-corrected chi connectivity index (χ4v) is 3.99. The molecule has 1 heterocycles. The molecule has 1 saturated heterocycles. The number of piperazine rings is 1. The summed E-state index contributed by atoms with van der Waals surface area (Å²) in [6, 6.07) is 6.03. The predicted octanol–water partition coefficient (Wildman–Crippen LogP) is 0.699. The number of halogens is 1. The van der Waals surface area contributed by atoms with Gasteiger partial charge in [-0.2, -0.15) is 4.31 Å². The van der Waals surface area contributed by atoms with Crippen molar-refractivity contribution in [1.29, 1.82) is 0 Å². The molecule has 0 atom stereocenters. The number of carbonyl (C=O) groups is 2. The van der Waals surface area contributed by atoms with Crippen molar-refractivity contribution in [1.82, 2.24) is 14.5 Å². The lowest BCUT2D eigenvalue weighted by Crippen LogP contribution is -2.50. The van der Waals surface area contributed by atoms with Gasteiger partial charge in [0.15, 0.2) is 0 Å².